The summed E-state index contributed by atoms with van der Waals surface area (Å²) >= 11 is 0. The highest BCUT2D eigenvalue weighted by Crippen LogP contribution is 2.58. The molecule has 4 fully saturated rings. The van der Waals surface area contributed by atoms with Crippen molar-refractivity contribution in [1.82, 2.24) is 0 Å². The lowest BCUT2D eigenvalue weighted by atomic mass is 9.56. The lowest BCUT2D eigenvalue weighted by Gasteiger charge is -2.56. The lowest BCUT2D eigenvalue weighted by Crippen LogP contribution is -2.55. The maximum absolute atomic E-state index is 12.6. The molecule has 0 aromatic rings. The number of hydrogen-bond donors (Lipinski definition) is 1. The minimum Gasteiger partial charge on any atom is -0.330 e. The molecule has 0 spiro atoms. The van der Waals surface area contributed by atoms with E-state index >= 15 is 0 Å². The van der Waals surface area contributed by atoms with Gasteiger partial charge >= 0.3 is 0 Å². The first-order valence-corrected chi connectivity index (χ1v) is 8.62. The Morgan fingerprint density at radius 2 is 1.47 bits per heavy atom. The first-order chi connectivity index (χ1) is 8.05. The van der Waals surface area contributed by atoms with Crippen LogP contribution in [0.5, 0.6) is 0 Å². The predicted octanol–water partition coefficient (Wildman–Crippen LogP) is 1.72. The number of nitrogens with two attached hydrogens (primary N) is 1. The van der Waals surface area contributed by atoms with Gasteiger partial charge < -0.3 is 5.73 Å². The smallest absolute Gasteiger partial charge is 0.156 e. The van der Waals surface area contributed by atoms with E-state index in [0.29, 0.717) is 36.5 Å². The average Bonchev–Trinajstić information content (AvgIpc) is 2.24. The summed E-state index contributed by atoms with van der Waals surface area (Å²) < 4.78 is 24.8. The average molecular weight is 257 g/mol. The third kappa shape index (κ3) is 1.84. The molecule has 4 rings (SSSR count). The molecule has 4 heteroatoms. The summed E-state index contributed by atoms with van der Waals surface area (Å²) in [7, 11) is -2.92. The van der Waals surface area contributed by atoms with Crippen LogP contribution in [0.4, 0.5) is 0 Å². The topological polar surface area (TPSA) is 60.2 Å². The highest BCUT2D eigenvalue weighted by molar-refractivity contribution is 7.92. The van der Waals surface area contributed by atoms with Crippen molar-refractivity contribution in [2.75, 3.05) is 12.3 Å². The number of sulfone groups is 1. The van der Waals surface area contributed by atoms with Gasteiger partial charge in [-0.2, -0.15) is 0 Å². The second-order valence-electron chi connectivity index (χ2n) is 6.56. The summed E-state index contributed by atoms with van der Waals surface area (Å²) in [5.74, 6) is 2.42. The van der Waals surface area contributed by atoms with E-state index in [9.17, 15) is 8.42 Å². The van der Waals surface area contributed by atoms with Crippen molar-refractivity contribution in [3.63, 3.8) is 0 Å². The van der Waals surface area contributed by atoms with Crippen molar-refractivity contribution < 1.29 is 8.42 Å². The summed E-state index contributed by atoms with van der Waals surface area (Å²) in [5.41, 5.74) is 5.46. The van der Waals surface area contributed by atoms with Crippen LogP contribution in [0.25, 0.3) is 0 Å². The summed E-state index contributed by atoms with van der Waals surface area (Å²) in [6, 6.07) is 0. The normalized spacial score (nSPS) is 44.2. The molecule has 4 aliphatic rings. The van der Waals surface area contributed by atoms with Crippen LogP contribution in [0.15, 0.2) is 0 Å². The molecule has 3 nitrogen and oxygen atoms in total. The second kappa shape index (κ2) is 3.95. The minimum atomic E-state index is -2.92. The van der Waals surface area contributed by atoms with Gasteiger partial charge in [0.15, 0.2) is 9.84 Å². The molecule has 0 unspecified atom stereocenters. The zero-order valence-corrected chi connectivity index (χ0v) is 11.2. The Hall–Kier alpha value is -0.0900. The van der Waals surface area contributed by atoms with Gasteiger partial charge in [-0.3, -0.25) is 0 Å². The van der Waals surface area contributed by atoms with Gasteiger partial charge in [-0.05, 0) is 69.2 Å². The molecule has 0 aromatic heterocycles. The van der Waals surface area contributed by atoms with E-state index in [1.807, 2.05) is 0 Å². The van der Waals surface area contributed by atoms with Crippen LogP contribution in [0.3, 0.4) is 0 Å². The van der Waals surface area contributed by atoms with Crippen LogP contribution in [0.2, 0.25) is 0 Å². The molecule has 0 aliphatic heterocycles. The summed E-state index contributed by atoms with van der Waals surface area (Å²) in [6.07, 6.45) is 7.37. The Labute approximate surface area is 104 Å². The lowest BCUT2D eigenvalue weighted by molar-refractivity contribution is 0.0339. The van der Waals surface area contributed by atoms with Crippen LogP contribution >= 0.6 is 0 Å². The molecule has 4 bridgehead atoms. The molecule has 0 heterocycles. The molecule has 98 valence electrons. The first kappa shape index (κ1) is 12.0. The maximum Gasteiger partial charge on any atom is 0.156 e. The molecule has 0 saturated heterocycles. The van der Waals surface area contributed by atoms with Crippen molar-refractivity contribution in [1.29, 1.82) is 0 Å². The third-order valence-electron chi connectivity index (χ3n) is 5.26. The van der Waals surface area contributed by atoms with Crippen molar-refractivity contribution in [3.05, 3.63) is 0 Å². The van der Waals surface area contributed by atoms with E-state index in [-0.39, 0.29) is 4.75 Å². The van der Waals surface area contributed by atoms with Crippen molar-refractivity contribution in [2.45, 2.75) is 49.7 Å². The Morgan fingerprint density at radius 1 is 1.00 bits per heavy atom. The molecule has 4 aliphatic carbocycles. The molecule has 17 heavy (non-hydrogen) atoms. The van der Waals surface area contributed by atoms with Gasteiger partial charge in [0.1, 0.15) is 0 Å². The molecule has 0 radical (unpaired) electrons. The standard InChI is InChI=1S/C13H23NO2S/c14-2-1-3-17(15,16)13-7-10-4-11(8-13)6-12(5-10)9-13/h10-12H,1-9,14H2. The SMILES string of the molecule is NCCCS(=O)(=O)C12CC3CC(CC(C3)C1)C2. The van der Waals surface area contributed by atoms with Gasteiger partial charge in [0.2, 0.25) is 0 Å². The summed E-state index contributed by atoms with van der Waals surface area (Å²) in [5, 5.41) is 0. The van der Waals surface area contributed by atoms with Gasteiger partial charge in [0.05, 0.1) is 10.5 Å². The van der Waals surface area contributed by atoms with Gasteiger partial charge in [-0.15, -0.1) is 0 Å². The van der Waals surface area contributed by atoms with E-state index in [1.165, 1.54) is 19.3 Å². The molecule has 2 N–H and O–H groups in total. The molecule has 0 atom stereocenters. The van der Waals surface area contributed by atoms with Crippen molar-refractivity contribution >= 4 is 9.84 Å². The van der Waals surface area contributed by atoms with Crippen LogP contribution in [-0.4, -0.2) is 25.5 Å². The Kier molecular flexibility index (Phi) is 2.78. The maximum atomic E-state index is 12.6. The van der Waals surface area contributed by atoms with E-state index in [2.05, 4.69) is 0 Å². The number of hydrogen-bond acceptors (Lipinski definition) is 3. The fourth-order valence-electron chi connectivity index (χ4n) is 4.90. The van der Waals surface area contributed by atoms with Gasteiger partial charge in [0, 0.05) is 0 Å². The van der Waals surface area contributed by atoms with Crippen molar-refractivity contribution in [2.24, 2.45) is 23.5 Å². The first-order valence-electron chi connectivity index (χ1n) is 6.97. The van der Waals surface area contributed by atoms with Gasteiger partial charge in [-0.25, -0.2) is 8.42 Å². The third-order valence-corrected chi connectivity index (χ3v) is 7.90. The molecule has 4 saturated carbocycles. The Balaban J connectivity index is 1.86. The van der Waals surface area contributed by atoms with E-state index < -0.39 is 9.84 Å². The van der Waals surface area contributed by atoms with Gasteiger partial charge in [0.25, 0.3) is 0 Å². The highest BCUT2D eigenvalue weighted by Gasteiger charge is 2.56. The summed E-state index contributed by atoms with van der Waals surface area (Å²) in [4.78, 5) is 0. The zero-order chi connectivity index (χ0) is 12.1. The second-order valence-corrected chi connectivity index (χ2v) is 9.07. The minimum absolute atomic E-state index is 0.315. The fourth-order valence-corrected chi connectivity index (χ4v) is 7.35. The van der Waals surface area contributed by atoms with Crippen LogP contribution in [0, 0.1) is 17.8 Å². The van der Waals surface area contributed by atoms with Gasteiger partial charge in [-0.1, -0.05) is 0 Å². The van der Waals surface area contributed by atoms with Crippen LogP contribution < -0.4 is 5.73 Å². The number of rotatable bonds is 4. The quantitative estimate of drug-likeness (QED) is 0.834. The molecular weight excluding hydrogens is 234 g/mol. The Morgan fingerprint density at radius 3 is 1.88 bits per heavy atom. The largest absolute Gasteiger partial charge is 0.330 e. The van der Waals surface area contributed by atoms with E-state index in [4.69, 9.17) is 5.73 Å². The van der Waals surface area contributed by atoms with Crippen LogP contribution in [0.1, 0.15) is 44.9 Å². The van der Waals surface area contributed by atoms with E-state index in [0.717, 1.165) is 19.3 Å². The molecule has 0 amide bonds. The molecule has 0 aromatic carbocycles. The fraction of sp³-hybridized carbons (Fsp3) is 1.00. The zero-order valence-electron chi connectivity index (χ0n) is 10.4. The van der Waals surface area contributed by atoms with E-state index in [1.54, 1.807) is 0 Å². The molecular formula is C13H23NO2S. The highest BCUT2D eigenvalue weighted by atomic mass is 32.2. The Bertz CT molecular complexity index is 366. The predicted molar refractivity (Wildman–Crippen MR) is 68.4 cm³/mol. The van der Waals surface area contributed by atoms with Crippen LogP contribution in [-0.2, 0) is 9.84 Å². The summed E-state index contributed by atoms with van der Waals surface area (Å²) in [6.45, 7) is 0.492. The monoisotopic (exact) mass is 257 g/mol. The van der Waals surface area contributed by atoms with Crippen molar-refractivity contribution in [3.8, 4) is 0 Å².